The first-order valence-corrected chi connectivity index (χ1v) is 10.1. The summed E-state index contributed by atoms with van der Waals surface area (Å²) >= 11 is 6.00. The lowest BCUT2D eigenvalue weighted by Crippen LogP contribution is -2.32. The number of carbonyl (C=O) groups is 1. The highest BCUT2D eigenvalue weighted by Crippen LogP contribution is 2.39. The van der Waals surface area contributed by atoms with Crippen LogP contribution in [-0.4, -0.2) is 40.6 Å². The third-order valence-corrected chi connectivity index (χ3v) is 5.40. The maximum atomic E-state index is 14.0. The second-order valence-corrected chi connectivity index (χ2v) is 7.88. The van der Waals surface area contributed by atoms with Crippen molar-refractivity contribution < 1.29 is 18.0 Å². The number of carbonyl (C=O) groups excluding carboxylic acids is 1. The van der Waals surface area contributed by atoms with Gasteiger partial charge in [-0.3, -0.25) is 4.79 Å². The third-order valence-electron chi connectivity index (χ3n) is 5.15. The SMILES string of the molecule is CN1CCC(=O)/C(=C/c2c(C(F)(F)F)nn(-c3ccccc3)c2-c2ccc(Cl)cc2)C1. The van der Waals surface area contributed by atoms with Crippen LogP contribution >= 0.6 is 11.6 Å². The van der Waals surface area contributed by atoms with Crippen LogP contribution in [0.15, 0.2) is 60.2 Å². The summed E-state index contributed by atoms with van der Waals surface area (Å²) in [6.45, 7) is 0.863. The second-order valence-electron chi connectivity index (χ2n) is 7.44. The van der Waals surface area contributed by atoms with Crippen LogP contribution in [-0.2, 0) is 11.0 Å². The summed E-state index contributed by atoms with van der Waals surface area (Å²) < 4.78 is 43.4. The summed E-state index contributed by atoms with van der Waals surface area (Å²) in [6, 6.07) is 15.1. The van der Waals surface area contributed by atoms with Crippen LogP contribution in [0, 0.1) is 0 Å². The lowest BCUT2D eigenvalue weighted by molar-refractivity contribution is -0.141. The fourth-order valence-corrected chi connectivity index (χ4v) is 3.76. The Balaban J connectivity index is 2.02. The Morgan fingerprint density at radius 1 is 1.06 bits per heavy atom. The average molecular weight is 446 g/mol. The predicted octanol–water partition coefficient (Wildman–Crippen LogP) is 5.50. The topological polar surface area (TPSA) is 38.1 Å². The van der Waals surface area contributed by atoms with Gasteiger partial charge in [-0.05, 0) is 37.4 Å². The summed E-state index contributed by atoms with van der Waals surface area (Å²) in [5, 5.41) is 4.42. The van der Waals surface area contributed by atoms with Gasteiger partial charge in [0.25, 0.3) is 0 Å². The van der Waals surface area contributed by atoms with Gasteiger partial charge in [0, 0.05) is 41.2 Å². The van der Waals surface area contributed by atoms with E-state index in [1.807, 2.05) is 11.9 Å². The van der Waals surface area contributed by atoms with Crippen LogP contribution in [0.25, 0.3) is 23.0 Å². The van der Waals surface area contributed by atoms with Crippen molar-refractivity contribution in [1.29, 1.82) is 0 Å². The molecule has 0 unspecified atom stereocenters. The van der Waals surface area contributed by atoms with Gasteiger partial charge in [-0.15, -0.1) is 0 Å². The molecule has 1 aliphatic rings. The number of nitrogens with zero attached hydrogens (tertiary/aromatic N) is 3. The molecule has 4 rings (SSSR count). The zero-order chi connectivity index (χ0) is 22.2. The van der Waals surface area contributed by atoms with Gasteiger partial charge < -0.3 is 4.90 Å². The molecule has 1 aromatic heterocycles. The van der Waals surface area contributed by atoms with E-state index in [9.17, 15) is 18.0 Å². The van der Waals surface area contributed by atoms with E-state index in [1.165, 1.54) is 10.8 Å². The molecule has 0 atom stereocenters. The third kappa shape index (κ3) is 4.43. The molecule has 0 amide bonds. The highest BCUT2D eigenvalue weighted by Gasteiger charge is 2.39. The number of halogens is 4. The van der Waals surface area contributed by atoms with Crippen LogP contribution in [0.4, 0.5) is 13.2 Å². The maximum absolute atomic E-state index is 14.0. The zero-order valence-electron chi connectivity index (χ0n) is 16.7. The molecule has 2 heterocycles. The summed E-state index contributed by atoms with van der Waals surface area (Å²) in [4.78, 5) is 14.4. The van der Waals surface area contributed by atoms with Crippen molar-refractivity contribution in [1.82, 2.24) is 14.7 Å². The molecular weight excluding hydrogens is 427 g/mol. The molecule has 1 aliphatic heterocycles. The minimum absolute atomic E-state index is 0.127. The van der Waals surface area contributed by atoms with Crippen molar-refractivity contribution in [2.45, 2.75) is 12.6 Å². The largest absolute Gasteiger partial charge is 0.435 e. The Labute approximate surface area is 182 Å². The number of Topliss-reactive ketones (excluding diaryl/α,β-unsaturated/α-hetero) is 1. The number of para-hydroxylation sites is 1. The van der Waals surface area contributed by atoms with Crippen molar-refractivity contribution in [3.63, 3.8) is 0 Å². The first kappa shape index (κ1) is 21.3. The second kappa shape index (κ2) is 8.32. The van der Waals surface area contributed by atoms with Crippen LogP contribution in [0.3, 0.4) is 0 Å². The highest BCUT2D eigenvalue weighted by atomic mass is 35.5. The van der Waals surface area contributed by atoms with E-state index in [0.29, 0.717) is 28.4 Å². The van der Waals surface area contributed by atoms with Gasteiger partial charge in [0.1, 0.15) is 0 Å². The molecule has 0 radical (unpaired) electrons. The van der Waals surface area contributed by atoms with Gasteiger partial charge in [0.05, 0.1) is 11.4 Å². The molecule has 160 valence electrons. The molecule has 31 heavy (non-hydrogen) atoms. The van der Waals surface area contributed by atoms with Crippen LogP contribution in [0.2, 0.25) is 5.02 Å². The average Bonchev–Trinajstić information content (AvgIpc) is 3.12. The van der Waals surface area contributed by atoms with Crippen molar-refractivity contribution in [2.75, 3.05) is 20.1 Å². The smallest absolute Gasteiger partial charge is 0.302 e. The number of likely N-dealkylation sites (N-methyl/N-ethyl adjacent to an activating group) is 1. The molecule has 0 N–H and O–H groups in total. The number of likely N-dealkylation sites (tertiary alicyclic amines) is 1. The standard InChI is InChI=1S/C23H19ClF3N3O/c1-29-12-11-20(31)16(14-29)13-19-21(15-7-9-17(24)10-8-15)30(18-5-3-2-4-6-18)28-22(19)23(25,26)27/h2-10,13H,11-12,14H2,1H3/b16-13+. The van der Waals surface area contributed by atoms with Crippen LogP contribution in [0.5, 0.6) is 0 Å². The number of hydrogen-bond donors (Lipinski definition) is 0. The predicted molar refractivity (Wildman–Crippen MR) is 114 cm³/mol. The normalized spacial score (nSPS) is 16.8. The van der Waals surface area contributed by atoms with Crippen molar-refractivity contribution in [3.8, 4) is 16.9 Å². The number of rotatable bonds is 3. The van der Waals surface area contributed by atoms with Crippen molar-refractivity contribution >= 4 is 23.5 Å². The van der Waals surface area contributed by atoms with E-state index >= 15 is 0 Å². The number of ketones is 1. The Bertz CT molecular complexity index is 1140. The number of alkyl halides is 3. The molecule has 1 saturated heterocycles. The zero-order valence-corrected chi connectivity index (χ0v) is 17.4. The molecular formula is C23H19ClF3N3O. The first-order valence-electron chi connectivity index (χ1n) is 9.68. The molecule has 0 spiro atoms. The van der Waals surface area contributed by atoms with Gasteiger partial charge in [-0.25, -0.2) is 4.68 Å². The summed E-state index contributed by atoms with van der Waals surface area (Å²) in [5.41, 5.74) is 0.423. The fourth-order valence-electron chi connectivity index (χ4n) is 3.63. The molecule has 3 aromatic rings. The number of aromatic nitrogens is 2. The fraction of sp³-hybridized carbons (Fsp3) is 0.217. The molecule has 2 aromatic carbocycles. The quantitative estimate of drug-likeness (QED) is 0.500. The number of hydrogen-bond acceptors (Lipinski definition) is 3. The van der Waals surface area contributed by atoms with Crippen LogP contribution in [0.1, 0.15) is 17.7 Å². The van der Waals surface area contributed by atoms with E-state index in [-0.39, 0.29) is 30.0 Å². The van der Waals surface area contributed by atoms with E-state index < -0.39 is 11.9 Å². The highest BCUT2D eigenvalue weighted by molar-refractivity contribution is 6.30. The van der Waals surface area contributed by atoms with E-state index in [2.05, 4.69) is 5.10 Å². The molecule has 0 aliphatic carbocycles. The van der Waals surface area contributed by atoms with Gasteiger partial charge in [0.2, 0.25) is 0 Å². The van der Waals surface area contributed by atoms with Crippen molar-refractivity contribution in [3.05, 3.63) is 76.5 Å². The Morgan fingerprint density at radius 3 is 2.39 bits per heavy atom. The lowest BCUT2D eigenvalue weighted by atomic mass is 9.97. The van der Waals surface area contributed by atoms with E-state index in [1.54, 1.807) is 54.6 Å². The minimum atomic E-state index is -4.70. The minimum Gasteiger partial charge on any atom is -0.302 e. The van der Waals surface area contributed by atoms with Gasteiger partial charge in [0.15, 0.2) is 11.5 Å². The van der Waals surface area contributed by atoms with Crippen LogP contribution < -0.4 is 0 Å². The summed E-state index contributed by atoms with van der Waals surface area (Å²) in [5.74, 6) is -0.152. The molecule has 0 saturated carbocycles. The lowest BCUT2D eigenvalue weighted by Gasteiger charge is -2.23. The molecule has 4 nitrogen and oxygen atoms in total. The molecule has 0 bridgehead atoms. The summed E-state index contributed by atoms with van der Waals surface area (Å²) in [6.07, 6.45) is -3.08. The molecule has 8 heteroatoms. The maximum Gasteiger partial charge on any atom is 0.435 e. The Kier molecular flexibility index (Phi) is 5.73. The first-order chi connectivity index (χ1) is 14.7. The Morgan fingerprint density at radius 2 is 1.74 bits per heavy atom. The van der Waals surface area contributed by atoms with Crippen molar-refractivity contribution in [2.24, 2.45) is 0 Å². The van der Waals surface area contributed by atoms with Gasteiger partial charge in [-0.2, -0.15) is 18.3 Å². The number of piperidine rings is 1. The number of benzene rings is 2. The Hall–Kier alpha value is -2.90. The van der Waals surface area contributed by atoms with Gasteiger partial charge >= 0.3 is 6.18 Å². The molecule has 1 fully saturated rings. The van der Waals surface area contributed by atoms with Gasteiger partial charge in [-0.1, -0.05) is 41.9 Å². The van der Waals surface area contributed by atoms with E-state index in [4.69, 9.17) is 11.6 Å². The van der Waals surface area contributed by atoms with E-state index in [0.717, 1.165) is 0 Å². The monoisotopic (exact) mass is 445 g/mol. The summed E-state index contributed by atoms with van der Waals surface area (Å²) in [7, 11) is 1.83.